The maximum atomic E-state index is 12.6. The minimum Gasteiger partial charge on any atom is -0.478 e. The van der Waals surface area contributed by atoms with E-state index >= 15 is 0 Å². The smallest absolute Gasteiger partial charge is 0.335 e. The van der Waals surface area contributed by atoms with Gasteiger partial charge in [0.05, 0.1) is 10.5 Å². The third-order valence-corrected chi connectivity index (χ3v) is 5.20. The molecule has 0 bridgehead atoms. The van der Waals surface area contributed by atoms with Crippen LogP contribution in [-0.2, 0) is 16.6 Å². The van der Waals surface area contributed by atoms with Crippen molar-refractivity contribution in [2.75, 3.05) is 7.05 Å². The highest BCUT2D eigenvalue weighted by molar-refractivity contribution is 7.89. The summed E-state index contributed by atoms with van der Waals surface area (Å²) < 4.78 is 26.3. The van der Waals surface area contributed by atoms with Gasteiger partial charge in [-0.15, -0.1) is 0 Å². The molecule has 5 nitrogen and oxygen atoms in total. The molecule has 0 aliphatic heterocycles. The average molecular weight is 319 g/mol. The summed E-state index contributed by atoms with van der Waals surface area (Å²) in [5.74, 6) is -1.14. The van der Waals surface area contributed by atoms with Crippen molar-refractivity contribution < 1.29 is 18.3 Å². The normalized spacial score (nSPS) is 11.6. The topological polar surface area (TPSA) is 74.7 Å². The molecule has 0 aliphatic rings. The molecule has 0 spiro atoms. The zero-order chi connectivity index (χ0) is 16.3. The van der Waals surface area contributed by atoms with Gasteiger partial charge >= 0.3 is 5.97 Å². The van der Waals surface area contributed by atoms with Gasteiger partial charge in [-0.05, 0) is 30.2 Å². The monoisotopic (exact) mass is 319 g/mol. The first-order valence-electron chi connectivity index (χ1n) is 6.66. The van der Waals surface area contributed by atoms with Crippen LogP contribution in [0.5, 0.6) is 0 Å². The molecule has 2 rings (SSSR count). The fourth-order valence-electron chi connectivity index (χ4n) is 2.10. The SMILES string of the molecule is Cc1ccc(S(=O)(=O)N(C)Cc2ccccc2)cc1C(=O)O. The van der Waals surface area contributed by atoms with Gasteiger partial charge in [-0.3, -0.25) is 0 Å². The molecule has 0 heterocycles. The van der Waals surface area contributed by atoms with E-state index in [-0.39, 0.29) is 17.0 Å². The number of carboxylic acid groups (broad SMARTS) is 1. The average Bonchev–Trinajstić information content (AvgIpc) is 2.48. The van der Waals surface area contributed by atoms with Gasteiger partial charge < -0.3 is 5.11 Å². The number of sulfonamides is 1. The lowest BCUT2D eigenvalue weighted by molar-refractivity contribution is 0.0696. The van der Waals surface area contributed by atoms with Gasteiger partial charge in [-0.2, -0.15) is 4.31 Å². The van der Waals surface area contributed by atoms with Crippen LogP contribution in [0.25, 0.3) is 0 Å². The maximum Gasteiger partial charge on any atom is 0.335 e. The number of nitrogens with zero attached hydrogens (tertiary/aromatic N) is 1. The Kier molecular flexibility index (Phi) is 4.63. The van der Waals surface area contributed by atoms with E-state index in [4.69, 9.17) is 5.11 Å². The van der Waals surface area contributed by atoms with E-state index in [2.05, 4.69) is 0 Å². The van der Waals surface area contributed by atoms with E-state index in [1.165, 1.54) is 29.6 Å². The van der Waals surface area contributed by atoms with E-state index < -0.39 is 16.0 Å². The molecule has 0 aromatic heterocycles. The van der Waals surface area contributed by atoms with E-state index in [9.17, 15) is 13.2 Å². The van der Waals surface area contributed by atoms with Gasteiger partial charge in [0.25, 0.3) is 0 Å². The lowest BCUT2D eigenvalue weighted by Gasteiger charge is -2.18. The summed E-state index contributed by atoms with van der Waals surface area (Å²) in [5, 5.41) is 9.12. The molecule has 0 saturated heterocycles. The molecule has 0 atom stereocenters. The van der Waals surface area contributed by atoms with Gasteiger partial charge in [-0.1, -0.05) is 36.4 Å². The lowest BCUT2D eigenvalue weighted by atomic mass is 10.1. The van der Waals surface area contributed by atoms with Gasteiger partial charge in [0.1, 0.15) is 0 Å². The quantitative estimate of drug-likeness (QED) is 0.919. The zero-order valence-corrected chi connectivity index (χ0v) is 13.2. The van der Waals surface area contributed by atoms with Crippen molar-refractivity contribution in [3.05, 3.63) is 65.2 Å². The predicted molar refractivity (Wildman–Crippen MR) is 83.2 cm³/mol. The minimum absolute atomic E-state index is 0.00538. The fraction of sp³-hybridized carbons (Fsp3) is 0.188. The second kappa shape index (κ2) is 6.29. The van der Waals surface area contributed by atoms with Crippen molar-refractivity contribution in [1.82, 2.24) is 4.31 Å². The number of hydrogen-bond donors (Lipinski definition) is 1. The number of benzene rings is 2. The highest BCUT2D eigenvalue weighted by Crippen LogP contribution is 2.20. The largest absolute Gasteiger partial charge is 0.478 e. The predicted octanol–water partition coefficient (Wildman–Crippen LogP) is 2.51. The van der Waals surface area contributed by atoms with Crippen LogP contribution in [0.3, 0.4) is 0 Å². The van der Waals surface area contributed by atoms with Gasteiger partial charge in [0, 0.05) is 13.6 Å². The second-order valence-corrected chi connectivity index (χ2v) is 7.07. The standard InChI is InChI=1S/C16H17NO4S/c1-12-8-9-14(10-15(12)16(18)19)22(20,21)17(2)11-13-6-4-3-5-7-13/h3-10H,11H2,1-2H3,(H,18,19). The van der Waals surface area contributed by atoms with E-state index in [1.54, 1.807) is 6.92 Å². The molecule has 116 valence electrons. The van der Waals surface area contributed by atoms with E-state index in [0.29, 0.717) is 5.56 Å². The first-order valence-corrected chi connectivity index (χ1v) is 8.10. The molecule has 0 amide bonds. The van der Waals surface area contributed by atoms with Crippen molar-refractivity contribution in [3.63, 3.8) is 0 Å². The molecule has 2 aromatic rings. The minimum atomic E-state index is -3.74. The Morgan fingerprint density at radius 3 is 2.36 bits per heavy atom. The molecule has 0 radical (unpaired) electrons. The van der Waals surface area contributed by atoms with Crippen molar-refractivity contribution in [3.8, 4) is 0 Å². The first kappa shape index (κ1) is 16.2. The van der Waals surface area contributed by atoms with Crippen LogP contribution in [0.2, 0.25) is 0 Å². The van der Waals surface area contributed by atoms with Crippen LogP contribution in [0, 0.1) is 6.92 Å². The number of aromatic carboxylic acids is 1. The summed E-state index contributed by atoms with van der Waals surface area (Å²) in [6.07, 6.45) is 0. The Morgan fingerprint density at radius 2 is 1.77 bits per heavy atom. The van der Waals surface area contributed by atoms with Gasteiger partial charge in [-0.25, -0.2) is 13.2 Å². The van der Waals surface area contributed by atoms with E-state index in [1.807, 2.05) is 30.3 Å². The molecule has 1 N–H and O–H groups in total. The Bertz CT molecular complexity index is 785. The second-order valence-electron chi connectivity index (χ2n) is 5.03. The highest BCUT2D eigenvalue weighted by atomic mass is 32.2. The lowest BCUT2D eigenvalue weighted by Crippen LogP contribution is -2.26. The van der Waals surface area contributed by atoms with Crippen LogP contribution in [0.4, 0.5) is 0 Å². The first-order chi connectivity index (χ1) is 10.3. The number of carbonyl (C=O) groups is 1. The number of hydrogen-bond acceptors (Lipinski definition) is 3. The van der Waals surface area contributed by atoms with Gasteiger partial charge in [0.15, 0.2) is 0 Å². The summed E-state index contributed by atoms with van der Waals surface area (Å²) in [5.41, 5.74) is 1.38. The summed E-state index contributed by atoms with van der Waals surface area (Å²) in [7, 11) is -2.27. The summed E-state index contributed by atoms with van der Waals surface area (Å²) in [4.78, 5) is 11.1. The van der Waals surface area contributed by atoms with Crippen molar-refractivity contribution in [2.45, 2.75) is 18.4 Å². The third-order valence-electron chi connectivity index (χ3n) is 3.40. The molecular formula is C16H17NO4S. The number of aryl methyl sites for hydroxylation is 1. The Balaban J connectivity index is 2.34. The van der Waals surface area contributed by atoms with Crippen LogP contribution in [0.1, 0.15) is 21.5 Å². The van der Waals surface area contributed by atoms with Gasteiger partial charge in [0.2, 0.25) is 10.0 Å². The van der Waals surface area contributed by atoms with Crippen molar-refractivity contribution in [2.24, 2.45) is 0 Å². The van der Waals surface area contributed by atoms with Crippen LogP contribution in [0.15, 0.2) is 53.4 Å². The number of carboxylic acids is 1. The molecule has 2 aromatic carbocycles. The third kappa shape index (κ3) is 3.35. The van der Waals surface area contributed by atoms with E-state index in [0.717, 1.165) is 5.56 Å². The van der Waals surface area contributed by atoms with Crippen molar-refractivity contribution >= 4 is 16.0 Å². The summed E-state index contributed by atoms with van der Waals surface area (Å²) in [6, 6.07) is 13.3. The zero-order valence-electron chi connectivity index (χ0n) is 12.4. The summed E-state index contributed by atoms with van der Waals surface area (Å²) in [6.45, 7) is 1.85. The fourth-order valence-corrected chi connectivity index (χ4v) is 3.28. The molecule has 0 fully saturated rings. The van der Waals surface area contributed by atoms with Crippen molar-refractivity contribution in [1.29, 1.82) is 0 Å². The Hall–Kier alpha value is -2.18. The molecule has 22 heavy (non-hydrogen) atoms. The Morgan fingerprint density at radius 1 is 1.14 bits per heavy atom. The molecule has 0 aliphatic carbocycles. The Labute approximate surface area is 129 Å². The van der Waals surface area contributed by atoms with Crippen LogP contribution in [-0.4, -0.2) is 30.8 Å². The van der Waals surface area contributed by atoms with Crippen LogP contribution >= 0.6 is 0 Å². The number of rotatable bonds is 5. The maximum absolute atomic E-state index is 12.6. The van der Waals surface area contributed by atoms with Crippen LogP contribution < -0.4 is 0 Å². The molecule has 0 saturated carbocycles. The molecule has 0 unspecified atom stereocenters. The molecular weight excluding hydrogens is 302 g/mol. The summed E-state index contributed by atoms with van der Waals surface area (Å²) >= 11 is 0. The molecule has 6 heteroatoms. The highest BCUT2D eigenvalue weighted by Gasteiger charge is 2.22.